The van der Waals surface area contributed by atoms with Gasteiger partial charge in [-0.25, -0.2) is 0 Å². The molecule has 0 aromatic heterocycles. The molecular formula is C19H19Cl2NO3. The van der Waals surface area contributed by atoms with Crippen molar-refractivity contribution < 1.29 is 14.3 Å². The molecule has 2 aromatic carbocycles. The molecule has 0 atom stereocenters. The van der Waals surface area contributed by atoms with Crippen LogP contribution < -0.4 is 9.47 Å². The number of benzene rings is 2. The average molecular weight is 380 g/mol. The van der Waals surface area contributed by atoms with E-state index in [0.29, 0.717) is 28.1 Å². The van der Waals surface area contributed by atoms with Crippen LogP contribution in [0.25, 0.3) is 6.08 Å². The van der Waals surface area contributed by atoms with Crippen LogP contribution in [0, 0.1) is 0 Å². The molecule has 1 amide bonds. The van der Waals surface area contributed by atoms with Crippen LogP contribution in [-0.4, -0.2) is 32.1 Å². The van der Waals surface area contributed by atoms with Gasteiger partial charge in [-0.05, 0) is 41.5 Å². The van der Waals surface area contributed by atoms with Crippen LogP contribution in [0.5, 0.6) is 11.5 Å². The highest BCUT2D eigenvalue weighted by Crippen LogP contribution is 2.36. The number of hydrogen-bond donors (Lipinski definition) is 0. The highest BCUT2D eigenvalue weighted by atomic mass is 35.5. The first kappa shape index (κ1) is 19.2. The number of ether oxygens (including phenoxy) is 2. The molecule has 0 fully saturated rings. The zero-order chi connectivity index (χ0) is 18.4. The van der Waals surface area contributed by atoms with Gasteiger partial charge in [-0.3, -0.25) is 4.79 Å². The number of carbonyl (C=O) groups is 1. The summed E-state index contributed by atoms with van der Waals surface area (Å²) in [5.41, 5.74) is 1.75. The Hall–Kier alpha value is -2.17. The molecule has 6 heteroatoms. The fourth-order valence-electron chi connectivity index (χ4n) is 2.27. The van der Waals surface area contributed by atoms with Crippen LogP contribution in [0.3, 0.4) is 0 Å². The number of likely N-dealkylation sites (N-methyl/N-ethyl adjacent to an activating group) is 1. The first-order valence-electron chi connectivity index (χ1n) is 7.53. The van der Waals surface area contributed by atoms with Crippen LogP contribution in [0.2, 0.25) is 10.0 Å². The van der Waals surface area contributed by atoms with Gasteiger partial charge in [0.2, 0.25) is 5.91 Å². The molecule has 0 heterocycles. The minimum atomic E-state index is -0.124. The molecule has 0 radical (unpaired) electrons. The second kappa shape index (κ2) is 8.79. The third kappa shape index (κ3) is 5.15. The summed E-state index contributed by atoms with van der Waals surface area (Å²) in [7, 11) is 4.80. The van der Waals surface area contributed by atoms with Crippen molar-refractivity contribution in [2.24, 2.45) is 0 Å². The minimum absolute atomic E-state index is 0.124. The zero-order valence-corrected chi connectivity index (χ0v) is 15.8. The Balaban J connectivity index is 2.08. The summed E-state index contributed by atoms with van der Waals surface area (Å²) in [5.74, 6) is 0.852. The van der Waals surface area contributed by atoms with E-state index in [1.54, 1.807) is 42.3 Å². The van der Waals surface area contributed by atoms with Gasteiger partial charge in [-0.2, -0.15) is 0 Å². The van der Waals surface area contributed by atoms with Crippen molar-refractivity contribution in [1.29, 1.82) is 0 Å². The third-order valence-electron chi connectivity index (χ3n) is 3.58. The molecule has 4 nitrogen and oxygen atoms in total. The fourth-order valence-corrected chi connectivity index (χ4v) is 2.69. The summed E-state index contributed by atoms with van der Waals surface area (Å²) in [6.07, 6.45) is 3.18. The first-order valence-corrected chi connectivity index (χ1v) is 8.29. The molecule has 0 spiro atoms. The van der Waals surface area contributed by atoms with Crippen molar-refractivity contribution in [3.8, 4) is 11.5 Å². The molecule has 0 unspecified atom stereocenters. The van der Waals surface area contributed by atoms with E-state index in [1.807, 2.05) is 12.1 Å². The van der Waals surface area contributed by atoms with E-state index in [-0.39, 0.29) is 5.91 Å². The third-order valence-corrected chi connectivity index (χ3v) is 4.12. The Morgan fingerprint density at radius 2 is 1.80 bits per heavy atom. The lowest BCUT2D eigenvalue weighted by Crippen LogP contribution is -2.24. The Bertz CT molecular complexity index is 773. The smallest absolute Gasteiger partial charge is 0.246 e. The number of methoxy groups -OCH3 is 2. The number of carbonyl (C=O) groups excluding carboxylic acids is 1. The highest BCUT2D eigenvalue weighted by Gasteiger charge is 2.10. The number of amides is 1. The second-order valence-corrected chi connectivity index (χ2v) is 6.24. The maximum atomic E-state index is 12.3. The summed E-state index contributed by atoms with van der Waals surface area (Å²) in [5, 5.41) is 1.09. The van der Waals surface area contributed by atoms with Crippen LogP contribution >= 0.6 is 23.2 Å². The largest absolute Gasteiger partial charge is 0.493 e. The Morgan fingerprint density at radius 3 is 2.40 bits per heavy atom. The zero-order valence-electron chi connectivity index (χ0n) is 14.3. The summed E-state index contributed by atoms with van der Waals surface area (Å²) < 4.78 is 10.4. The summed E-state index contributed by atoms with van der Waals surface area (Å²) in [6.45, 7) is 0.493. The average Bonchev–Trinajstić information content (AvgIpc) is 2.60. The normalized spacial score (nSPS) is 10.8. The van der Waals surface area contributed by atoms with E-state index in [0.717, 1.165) is 11.1 Å². The maximum absolute atomic E-state index is 12.3. The van der Waals surface area contributed by atoms with Crippen molar-refractivity contribution >= 4 is 35.2 Å². The Labute approximate surface area is 157 Å². The number of hydrogen-bond acceptors (Lipinski definition) is 3. The van der Waals surface area contributed by atoms with Crippen molar-refractivity contribution in [3.05, 3.63) is 63.6 Å². The van der Waals surface area contributed by atoms with Crippen molar-refractivity contribution in [1.82, 2.24) is 4.90 Å². The molecule has 0 saturated carbocycles. The van der Waals surface area contributed by atoms with E-state index in [2.05, 4.69) is 0 Å². The SMILES string of the molecule is COc1cc(C=CC(=O)N(C)Cc2ccc(Cl)cc2)cc(Cl)c1OC. The van der Waals surface area contributed by atoms with E-state index in [9.17, 15) is 4.79 Å². The Kier molecular flexibility index (Phi) is 6.73. The van der Waals surface area contributed by atoms with Gasteiger partial charge < -0.3 is 14.4 Å². The minimum Gasteiger partial charge on any atom is -0.493 e. The first-order chi connectivity index (χ1) is 11.9. The van der Waals surface area contributed by atoms with Crippen LogP contribution in [0.1, 0.15) is 11.1 Å². The van der Waals surface area contributed by atoms with Gasteiger partial charge in [0.05, 0.1) is 19.2 Å². The van der Waals surface area contributed by atoms with Crippen molar-refractivity contribution in [2.45, 2.75) is 6.54 Å². The molecule has 0 aliphatic carbocycles. The van der Waals surface area contributed by atoms with Gasteiger partial charge in [0, 0.05) is 24.7 Å². The van der Waals surface area contributed by atoms with Crippen LogP contribution in [0.15, 0.2) is 42.5 Å². The molecular weight excluding hydrogens is 361 g/mol. The van der Waals surface area contributed by atoms with Crippen molar-refractivity contribution in [3.63, 3.8) is 0 Å². The predicted octanol–water partition coefficient (Wildman–Crippen LogP) is 4.68. The van der Waals surface area contributed by atoms with Crippen molar-refractivity contribution in [2.75, 3.05) is 21.3 Å². The lowest BCUT2D eigenvalue weighted by molar-refractivity contribution is -0.125. The quantitative estimate of drug-likeness (QED) is 0.683. The van der Waals surface area contributed by atoms with Gasteiger partial charge in [-0.1, -0.05) is 35.3 Å². The van der Waals surface area contributed by atoms with Gasteiger partial charge in [0.25, 0.3) is 0 Å². The molecule has 0 N–H and O–H groups in total. The van der Waals surface area contributed by atoms with Crippen LogP contribution in [0.4, 0.5) is 0 Å². The van der Waals surface area contributed by atoms with Gasteiger partial charge in [-0.15, -0.1) is 0 Å². The summed E-state index contributed by atoms with van der Waals surface area (Å²) in [6, 6.07) is 10.9. The molecule has 2 aromatic rings. The number of nitrogens with zero attached hydrogens (tertiary/aromatic N) is 1. The number of halogens is 2. The van der Waals surface area contributed by atoms with Crippen LogP contribution in [-0.2, 0) is 11.3 Å². The van der Waals surface area contributed by atoms with Gasteiger partial charge in [0.1, 0.15) is 0 Å². The molecule has 2 rings (SSSR count). The van der Waals surface area contributed by atoms with E-state index in [4.69, 9.17) is 32.7 Å². The fraction of sp³-hybridized carbons (Fsp3) is 0.211. The molecule has 0 saturated heterocycles. The highest BCUT2D eigenvalue weighted by molar-refractivity contribution is 6.32. The lowest BCUT2D eigenvalue weighted by Gasteiger charge is -2.15. The summed E-state index contributed by atoms with van der Waals surface area (Å²) >= 11 is 12.0. The molecule has 25 heavy (non-hydrogen) atoms. The van der Waals surface area contributed by atoms with Gasteiger partial charge >= 0.3 is 0 Å². The lowest BCUT2D eigenvalue weighted by atomic mass is 10.1. The maximum Gasteiger partial charge on any atom is 0.246 e. The standard InChI is InChI=1S/C19H19Cl2NO3/c1-22(12-13-4-7-15(20)8-5-13)18(23)9-6-14-10-16(21)19(25-3)17(11-14)24-2/h4-11H,12H2,1-3H3. The Morgan fingerprint density at radius 1 is 1.12 bits per heavy atom. The van der Waals surface area contributed by atoms with E-state index >= 15 is 0 Å². The second-order valence-electron chi connectivity index (χ2n) is 5.39. The molecule has 132 valence electrons. The van der Waals surface area contributed by atoms with E-state index < -0.39 is 0 Å². The number of rotatable bonds is 6. The molecule has 0 aliphatic heterocycles. The monoisotopic (exact) mass is 379 g/mol. The summed E-state index contributed by atoms with van der Waals surface area (Å²) in [4.78, 5) is 13.9. The molecule has 0 aliphatic rings. The predicted molar refractivity (Wildman–Crippen MR) is 102 cm³/mol. The topological polar surface area (TPSA) is 38.8 Å². The van der Waals surface area contributed by atoms with Gasteiger partial charge in [0.15, 0.2) is 11.5 Å². The van der Waals surface area contributed by atoms with E-state index in [1.165, 1.54) is 20.3 Å². The molecule has 0 bridgehead atoms.